The lowest BCUT2D eigenvalue weighted by atomic mass is 9.99. The van der Waals surface area contributed by atoms with Crippen LogP contribution in [0.15, 0.2) is 53.4 Å². The van der Waals surface area contributed by atoms with Crippen molar-refractivity contribution in [2.75, 3.05) is 31.5 Å². The number of hydrogen-bond acceptors (Lipinski definition) is 4. The van der Waals surface area contributed by atoms with Crippen molar-refractivity contribution in [3.63, 3.8) is 0 Å². The van der Waals surface area contributed by atoms with E-state index in [9.17, 15) is 13.2 Å². The zero-order valence-electron chi connectivity index (χ0n) is 19.5. The molecule has 0 radical (unpaired) electrons. The summed E-state index contributed by atoms with van der Waals surface area (Å²) in [5.74, 6) is 0.332. The van der Waals surface area contributed by atoms with Gasteiger partial charge in [-0.15, -0.1) is 0 Å². The number of carbonyl (C=O) groups is 1. The molecule has 0 unspecified atom stereocenters. The summed E-state index contributed by atoms with van der Waals surface area (Å²) in [4.78, 5) is 15.1. The van der Waals surface area contributed by atoms with Gasteiger partial charge in [0.15, 0.2) is 0 Å². The van der Waals surface area contributed by atoms with Crippen LogP contribution in [0.25, 0.3) is 0 Å². The first-order chi connectivity index (χ1) is 15.3. The predicted molar refractivity (Wildman–Crippen MR) is 129 cm³/mol. The first-order valence-corrected chi connectivity index (χ1v) is 12.9. The van der Waals surface area contributed by atoms with Gasteiger partial charge in [0.05, 0.1) is 10.9 Å². The monoisotopic (exact) mass is 457 g/mol. The van der Waals surface area contributed by atoms with Crippen LogP contribution in [0.3, 0.4) is 0 Å². The average Bonchev–Trinajstić information content (AvgIpc) is 2.83. The fourth-order valence-electron chi connectivity index (χ4n) is 3.92. The molecule has 1 fully saturated rings. The summed E-state index contributed by atoms with van der Waals surface area (Å²) in [5, 5.41) is 2.96. The average molecular weight is 458 g/mol. The highest BCUT2D eigenvalue weighted by molar-refractivity contribution is 7.89. The molecule has 0 aliphatic carbocycles. The standard InChI is InChI=1S/C25H35N3O3S/c1-5-19(3)22-9-13-24(14-10-22)32(30,31)28-17-15-27(16-18-28)20(4)25(29)26-23-11-7-21(6-2)8-12-23/h7-14,19-20H,5-6,15-18H2,1-4H3,(H,26,29)/t19-,20-/m0/s1. The van der Waals surface area contributed by atoms with Crippen molar-refractivity contribution < 1.29 is 13.2 Å². The maximum atomic E-state index is 13.1. The van der Waals surface area contributed by atoms with E-state index in [2.05, 4.69) is 26.1 Å². The van der Waals surface area contributed by atoms with Crippen molar-refractivity contribution in [3.8, 4) is 0 Å². The zero-order valence-corrected chi connectivity index (χ0v) is 20.4. The number of amides is 1. The van der Waals surface area contributed by atoms with Gasteiger partial charge in [0.1, 0.15) is 0 Å². The van der Waals surface area contributed by atoms with Crippen LogP contribution in [0, 0.1) is 0 Å². The molecular formula is C25H35N3O3S. The third-order valence-corrected chi connectivity index (χ3v) is 8.44. The molecule has 2 aromatic carbocycles. The first-order valence-electron chi connectivity index (χ1n) is 11.5. The second-order valence-electron chi connectivity index (χ2n) is 8.53. The summed E-state index contributed by atoms with van der Waals surface area (Å²) in [7, 11) is -3.53. The number of piperazine rings is 1. The summed E-state index contributed by atoms with van der Waals surface area (Å²) < 4.78 is 27.7. The fourth-order valence-corrected chi connectivity index (χ4v) is 5.34. The van der Waals surface area contributed by atoms with Crippen LogP contribution < -0.4 is 5.32 Å². The molecule has 2 atom stereocenters. The van der Waals surface area contributed by atoms with Crippen LogP contribution in [-0.2, 0) is 21.2 Å². The number of carbonyl (C=O) groups excluding carboxylic acids is 1. The van der Waals surface area contributed by atoms with Gasteiger partial charge in [-0.3, -0.25) is 9.69 Å². The van der Waals surface area contributed by atoms with Gasteiger partial charge in [-0.1, -0.05) is 45.0 Å². The molecule has 1 heterocycles. The van der Waals surface area contributed by atoms with Gasteiger partial charge >= 0.3 is 0 Å². The normalized spacial score (nSPS) is 17.6. The van der Waals surface area contributed by atoms with Crippen LogP contribution in [0.4, 0.5) is 5.69 Å². The van der Waals surface area contributed by atoms with E-state index in [4.69, 9.17) is 0 Å². The summed E-state index contributed by atoms with van der Waals surface area (Å²) in [6, 6.07) is 14.8. The molecule has 32 heavy (non-hydrogen) atoms. The summed E-state index contributed by atoms with van der Waals surface area (Å²) in [6.45, 7) is 10.0. The molecule has 174 valence electrons. The van der Waals surface area contributed by atoms with Gasteiger partial charge in [0, 0.05) is 31.9 Å². The van der Waals surface area contributed by atoms with Crippen LogP contribution in [-0.4, -0.2) is 55.8 Å². The van der Waals surface area contributed by atoms with E-state index < -0.39 is 10.0 Å². The van der Waals surface area contributed by atoms with E-state index in [0.717, 1.165) is 24.1 Å². The molecule has 0 aromatic heterocycles. The van der Waals surface area contributed by atoms with Crippen molar-refractivity contribution in [1.29, 1.82) is 0 Å². The Balaban J connectivity index is 1.57. The van der Waals surface area contributed by atoms with Crippen molar-refractivity contribution >= 4 is 21.6 Å². The summed E-state index contributed by atoms with van der Waals surface area (Å²) in [5.41, 5.74) is 3.16. The Morgan fingerprint density at radius 3 is 2.06 bits per heavy atom. The van der Waals surface area contributed by atoms with Gasteiger partial charge in [-0.25, -0.2) is 8.42 Å². The molecule has 1 saturated heterocycles. The molecule has 7 heteroatoms. The zero-order chi connectivity index (χ0) is 23.3. The summed E-state index contributed by atoms with van der Waals surface area (Å²) in [6.07, 6.45) is 1.98. The van der Waals surface area contributed by atoms with E-state index in [-0.39, 0.29) is 11.9 Å². The number of nitrogens with one attached hydrogen (secondary N) is 1. The summed E-state index contributed by atoms with van der Waals surface area (Å²) >= 11 is 0. The number of nitrogens with zero attached hydrogens (tertiary/aromatic N) is 2. The number of hydrogen-bond donors (Lipinski definition) is 1. The molecule has 1 amide bonds. The Hall–Kier alpha value is -2.22. The second-order valence-corrected chi connectivity index (χ2v) is 10.5. The van der Waals surface area contributed by atoms with Crippen molar-refractivity contribution in [2.45, 2.75) is 57.4 Å². The van der Waals surface area contributed by atoms with Crippen LogP contribution in [0.1, 0.15) is 51.2 Å². The molecule has 1 aliphatic heterocycles. The molecule has 6 nitrogen and oxygen atoms in total. The molecule has 0 bridgehead atoms. The molecule has 1 N–H and O–H groups in total. The SMILES string of the molecule is CCc1ccc(NC(=O)[C@H](C)N2CCN(S(=O)(=O)c3ccc([C@@H](C)CC)cc3)CC2)cc1. The lowest BCUT2D eigenvalue weighted by Crippen LogP contribution is -2.53. The van der Waals surface area contributed by atoms with Gasteiger partial charge < -0.3 is 5.32 Å². The fraction of sp³-hybridized carbons (Fsp3) is 0.480. The molecule has 0 saturated carbocycles. The van der Waals surface area contributed by atoms with E-state index in [0.29, 0.717) is 37.0 Å². The van der Waals surface area contributed by atoms with E-state index in [1.54, 1.807) is 12.1 Å². The third-order valence-electron chi connectivity index (χ3n) is 6.53. The first kappa shape index (κ1) is 24.4. The van der Waals surface area contributed by atoms with Crippen molar-refractivity contribution in [1.82, 2.24) is 9.21 Å². The molecule has 2 aromatic rings. The number of sulfonamides is 1. The maximum absolute atomic E-state index is 13.1. The Morgan fingerprint density at radius 2 is 1.53 bits per heavy atom. The molecule has 0 spiro atoms. The van der Waals surface area contributed by atoms with E-state index in [1.807, 2.05) is 48.2 Å². The maximum Gasteiger partial charge on any atom is 0.243 e. The molecule has 3 rings (SSSR count). The number of benzene rings is 2. The number of aryl methyl sites for hydroxylation is 1. The second kappa shape index (κ2) is 10.6. The predicted octanol–water partition coefficient (Wildman–Crippen LogP) is 4.10. The quantitative estimate of drug-likeness (QED) is 0.648. The van der Waals surface area contributed by atoms with Crippen molar-refractivity contribution in [2.24, 2.45) is 0 Å². The third kappa shape index (κ3) is 5.57. The minimum absolute atomic E-state index is 0.0776. The van der Waals surface area contributed by atoms with Crippen molar-refractivity contribution in [3.05, 3.63) is 59.7 Å². The Morgan fingerprint density at radius 1 is 0.938 bits per heavy atom. The van der Waals surface area contributed by atoms with Crippen LogP contribution in [0.5, 0.6) is 0 Å². The number of rotatable bonds is 8. The van der Waals surface area contributed by atoms with Gasteiger partial charge in [0.25, 0.3) is 0 Å². The Bertz CT molecular complexity index is 996. The van der Waals surface area contributed by atoms with Gasteiger partial charge in [-0.2, -0.15) is 4.31 Å². The van der Waals surface area contributed by atoms with E-state index >= 15 is 0 Å². The number of anilines is 1. The Labute approximate surface area is 192 Å². The highest BCUT2D eigenvalue weighted by atomic mass is 32.2. The molecular weight excluding hydrogens is 422 g/mol. The molecule has 1 aliphatic rings. The van der Waals surface area contributed by atoms with Crippen LogP contribution in [0.2, 0.25) is 0 Å². The van der Waals surface area contributed by atoms with E-state index in [1.165, 1.54) is 9.87 Å². The van der Waals surface area contributed by atoms with Gasteiger partial charge in [0.2, 0.25) is 15.9 Å². The highest BCUT2D eigenvalue weighted by Gasteiger charge is 2.31. The topological polar surface area (TPSA) is 69.7 Å². The minimum Gasteiger partial charge on any atom is -0.325 e. The smallest absolute Gasteiger partial charge is 0.243 e. The van der Waals surface area contributed by atoms with Gasteiger partial charge in [-0.05, 0) is 61.1 Å². The Kier molecular flexibility index (Phi) is 8.09. The lowest BCUT2D eigenvalue weighted by Gasteiger charge is -2.36. The lowest BCUT2D eigenvalue weighted by molar-refractivity contribution is -0.121. The highest BCUT2D eigenvalue weighted by Crippen LogP contribution is 2.23. The minimum atomic E-state index is -3.53. The largest absolute Gasteiger partial charge is 0.325 e. The van der Waals surface area contributed by atoms with Crippen LogP contribution >= 0.6 is 0 Å².